The van der Waals surface area contributed by atoms with Crippen LogP contribution in [0, 0.1) is 0 Å². The quantitative estimate of drug-likeness (QED) is 0.501. The van der Waals surface area contributed by atoms with Gasteiger partial charge < -0.3 is 14.6 Å². The van der Waals surface area contributed by atoms with Crippen molar-refractivity contribution in [1.82, 2.24) is 15.1 Å². The molecule has 1 aliphatic rings. The standard InChI is InChI=1S/C24H22BrN3O4/c1-24(18-9-5-10-19(25)13-18)22(30)28(23(31)26-24)16-21(29)27(15-20-11-6-12-32-20)14-17-7-3-2-4-8-17/h2-13H,14-16H2,1H3,(H,26,31)/t24-/m1/s1. The number of carbonyl (C=O) groups is 3. The van der Waals surface area contributed by atoms with E-state index in [-0.39, 0.29) is 19.0 Å². The molecule has 2 aromatic carbocycles. The molecule has 0 spiro atoms. The molecule has 32 heavy (non-hydrogen) atoms. The molecule has 7 nitrogen and oxygen atoms in total. The van der Waals surface area contributed by atoms with Crippen LogP contribution in [-0.4, -0.2) is 34.2 Å². The van der Waals surface area contributed by atoms with E-state index in [0.717, 1.165) is 14.9 Å². The van der Waals surface area contributed by atoms with Crippen LogP contribution in [0.3, 0.4) is 0 Å². The van der Waals surface area contributed by atoms with Crippen molar-refractivity contribution in [1.29, 1.82) is 0 Å². The smallest absolute Gasteiger partial charge is 0.325 e. The zero-order valence-corrected chi connectivity index (χ0v) is 19.0. The van der Waals surface area contributed by atoms with Gasteiger partial charge >= 0.3 is 6.03 Å². The van der Waals surface area contributed by atoms with Gasteiger partial charge in [0.05, 0.1) is 12.8 Å². The Hall–Kier alpha value is -3.39. The highest BCUT2D eigenvalue weighted by atomic mass is 79.9. The minimum atomic E-state index is -1.24. The van der Waals surface area contributed by atoms with Gasteiger partial charge in [0.2, 0.25) is 5.91 Å². The average molecular weight is 496 g/mol. The van der Waals surface area contributed by atoms with Gasteiger partial charge in [-0.05, 0) is 42.3 Å². The van der Waals surface area contributed by atoms with E-state index in [4.69, 9.17) is 4.42 Å². The highest BCUT2D eigenvalue weighted by molar-refractivity contribution is 9.10. The van der Waals surface area contributed by atoms with Crippen LogP contribution in [0.15, 0.2) is 81.9 Å². The fraction of sp³-hybridized carbons (Fsp3) is 0.208. The molecule has 1 atom stereocenters. The lowest BCUT2D eigenvalue weighted by atomic mass is 9.92. The Labute approximate surface area is 194 Å². The molecule has 1 aromatic heterocycles. The number of hydrogen-bond acceptors (Lipinski definition) is 4. The fourth-order valence-corrected chi connectivity index (χ4v) is 4.10. The highest BCUT2D eigenvalue weighted by Gasteiger charge is 2.49. The molecule has 0 radical (unpaired) electrons. The molecule has 4 rings (SSSR count). The maximum Gasteiger partial charge on any atom is 0.325 e. The van der Waals surface area contributed by atoms with Gasteiger partial charge in [-0.25, -0.2) is 4.79 Å². The minimum absolute atomic E-state index is 0.229. The third kappa shape index (κ3) is 4.45. The number of nitrogens with zero attached hydrogens (tertiary/aromatic N) is 2. The summed E-state index contributed by atoms with van der Waals surface area (Å²) in [4.78, 5) is 41.7. The van der Waals surface area contributed by atoms with Crippen molar-refractivity contribution < 1.29 is 18.8 Å². The lowest BCUT2D eigenvalue weighted by molar-refractivity contribution is -0.139. The Bertz CT molecular complexity index is 1130. The molecule has 3 aromatic rings. The Morgan fingerprint density at radius 2 is 1.84 bits per heavy atom. The van der Waals surface area contributed by atoms with Crippen molar-refractivity contribution in [3.63, 3.8) is 0 Å². The molecule has 8 heteroatoms. The second-order valence-corrected chi connectivity index (χ2v) is 8.69. The van der Waals surface area contributed by atoms with Crippen molar-refractivity contribution in [2.24, 2.45) is 0 Å². The monoisotopic (exact) mass is 495 g/mol. The van der Waals surface area contributed by atoms with Crippen LogP contribution in [0.25, 0.3) is 0 Å². The summed E-state index contributed by atoms with van der Waals surface area (Å²) in [5.74, 6) is -0.204. The Kier molecular flexibility index (Phi) is 6.14. The Morgan fingerprint density at radius 3 is 2.53 bits per heavy atom. The summed E-state index contributed by atoms with van der Waals surface area (Å²) in [7, 11) is 0. The number of hydrogen-bond donors (Lipinski definition) is 1. The van der Waals surface area contributed by atoms with Crippen LogP contribution in [0.4, 0.5) is 4.79 Å². The van der Waals surface area contributed by atoms with Gasteiger partial charge in [-0.2, -0.15) is 0 Å². The molecule has 0 bridgehead atoms. The molecular weight excluding hydrogens is 474 g/mol. The normalized spacial score (nSPS) is 18.0. The average Bonchev–Trinajstić information content (AvgIpc) is 3.37. The third-order valence-corrected chi connectivity index (χ3v) is 5.96. The molecule has 164 valence electrons. The largest absolute Gasteiger partial charge is 0.467 e. The first-order chi connectivity index (χ1) is 15.4. The molecular formula is C24H22BrN3O4. The summed E-state index contributed by atoms with van der Waals surface area (Å²) < 4.78 is 6.20. The molecule has 2 heterocycles. The van der Waals surface area contributed by atoms with Crippen LogP contribution < -0.4 is 5.32 Å². The van der Waals surface area contributed by atoms with Gasteiger partial charge in [0.25, 0.3) is 5.91 Å². The Morgan fingerprint density at radius 1 is 1.06 bits per heavy atom. The zero-order chi connectivity index (χ0) is 22.7. The predicted octanol–water partition coefficient (Wildman–Crippen LogP) is 4.04. The van der Waals surface area contributed by atoms with Crippen molar-refractivity contribution in [2.45, 2.75) is 25.6 Å². The number of carbonyl (C=O) groups excluding carboxylic acids is 3. The second-order valence-electron chi connectivity index (χ2n) is 7.77. The number of benzene rings is 2. The van der Waals surface area contributed by atoms with Gasteiger partial charge in [0.1, 0.15) is 17.8 Å². The van der Waals surface area contributed by atoms with E-state index in [1.165, 1.54) is 0 Å². The summed E-state index contributed by atoms with van der Waals surface area (Å²) in [5, 5.41) is 2.74. The van der Waals surface area contributed by atoms with E-state index in [0.29, 0.717) is 17.9 Å². The lowest BCUT2D eigenvalue weighted by Gasteiger charge is -2.25. The van der Waals surface area contributed by atoms with Crippen LogP contribution in [-0.2, 0) is 28.2 Å². The van der Waals surface area contributed by atoms with Crippen molar-refractivity contribution in [3.8, 4) is 0 Å². The van der Waals surface area contributed by atoms with Gasteiger partial charge in [-0.3, -0.25) is 14.5 Å². The zero-order valence-electron chi connectivity index (χ0n) is 17.5. The van der Waals surface area contributed by atoms with Crippen molar-refractivity contribution in [2.75, 3.05) is 6.54 Å². The molecule has 0 aliphatic carbocycles. The lowest BCUT2D eigenvalue weighted by Crippen LogP contribution is -2.44. The number of nitrogens with one attached hydrogen (secondary N) is 1. The number of imide groups is 1. The summed E-state index contributed by atoms with van der Waals surface area (Å²) >= 11 is 3.40. The SMILES string of the molecule is C[C@]1(c2cccc(Br)c2)NC(=O)N(CC(=O)N(Cc2ccccc2)Cc2ccco2)C1=O. The number of halogens is 1. The molecule has 1 aliphatic heterocycles. The number of amides is 4. The van der Waals surface area contributed by atoms with Crippen LogP contribution >= 0.6 is 15.9 Å². The molecule has 1 N–H and O–H groups in total. The first-order valence-corrected chi connectivity index (χ1v) is 10.9. The summed E-state index contributed by atoms with van der Waals surface area (Å²) in [6, 6.07) is 19.6. The fourth-order valence-electron chi connectivity index (χ4n) is 3.70. The topological polar surface area (TPSA) is 82.9 Å². The maximum atomic E-state index is 13.2. The highest BCUT2D eigenvalue weighted by Crippen LogP contribution is 2.30. The van der Waals surface area contributed by atoms with Crippen LogP contribution in [0.2, 0.25) is 0 Å². The van der Waals surface area contributed by atoms with Gasteiger partial charge in [0.15, 0.2) is 0 Å². The maximum absolute atomic E-state index is 13.2. The van der Waals surface area contributed by atoms with Gasteiger partial charge in [-0.15, -0.1) is 0 Å². The number of urea groups is 1. The molecule has 4 amide bonds. The van der Waals surface area contributed by atoms with E-state index in [1.54, 1.807) is 48.4 Å². The summed E-state index contributed by atoms with van der Waals surface area (Å²) in [6.45, 7) is 1.84. The molecule has 0 saturated carbocycles. The van der Waals surface area contributed by atoms with Crippen molar-refractivity contribution >= 4 is 33.8 Å². The van der Waals surface area contributed by atoms with E-state index in [2.05, 4.69) is 21.2 Å². The van der Waals surface area contributed by atoms with Crippen LogP contribution in [0.1, 0.15) is 23.8 Å². The van der Waals surface area contributed by atoms with E-state index >= 15 is 0 Å². The van der Waals surface area contributed by atoms with E-state index < -0.39 is 17.5 Å². The minimum Gasteiger partial charge on any atom is -0.467 e. The van der Waals surface area contributed by atoms with Gasteiger partial charge in [-0.1, -0.05) is 58.4 Å². The Balaban J connectivity index is 1.54. The van der Waals surface area contributed by atoms with Crippen molar-refractivity contribution in [3.05, 3.63) is 94.4 Å². The third-order valence-electron chi connectivity index (χ3n) is 5.47. The molecule has 1 fully saturated rings. The summed E-state index contributed by atoms with van der Waals surface area (Å²) in [5.41, 5.74) is 0.326. The predicted molar refractivity (Wildman–Crippen MR) is 121 cm³/mol. The first kappa shape index (κ1) is 21.8. The molecule has 0 unspecified atom stereocenters. The van der Waals surface area contributed by atoms with E-state index in [9.17, 15) is 14.4 Å². The summed E-state index contributed by atoms with van der Waals surface area (Å²) in [6.07, 6.45) is 1.54. The van der Waals surface area contributed by atoms with E-state index in [1.807, 2.05) is 36.4 Å². The first-order valence-electron chi connectivity index (χ1n) is 10.1. The van der Waals surface area contributed by atoms with Crippen LogP contribution in [0.5, 0.6) is 0 Å². The second kappa shape index (κ2) is 9.00. The number of furan rings is 1. The number of rotatable bonds is 7. The van der Waals surface area contributed by atoms with Gasteiger partial charge in [0, 0.05) is 11.0 Å². The molecule has 1 saturated heterocycles.